The molecule has 1 fully saturated rings. The number of thioether (sulfide) groups is 1. The van der Waals surface area contributed by atoms with Crippen LogP contribution in [-0.2, 0) is 6.42 Å². The van der Waals surface area contributed by atoms with E-state index in [0.717, 1.165) is 23.5 Å². The van der Waals surface area contributed by atoms with Crippen LogP contribution in [0.4, 0.5) is 0 Å². The van der Waals surface area contributed by atoms with Gasteiger partial charge in [-0.15, -0.1) is 0 Å². The van der Waals surface area contributed by atoms with Gasteiger partial charge in [-0.3, -0.25) is 0 Å². The second-order valence-corrected chi connectivity index (χ2v) is 5.36. The normalized spacial score (nSPS) is 22.0. The van der Waals surface area contributed by atoms with Crippen LogP contribution < -0.4 is 4.74 Å². The predicted octanol–water partition coefficient (Wildman–Crippen LogP) is 2.35. The lowest BCUT2D eigenvalue weighted by Crippen LogP contribution is -2.22. The molecule has 3 heteroatoms. The molecule has 0 bridgehead atoms. The highest BCUT2D eigenvalue weighted by atomic mass is 32.2. The average Bonchev–Trinajstić information content (AvgIpc) is 2.83. The fourth-order valence-electron chi connectivity index (χ4n) is 2.12. The van der Waals surface area contributed by atoms with Gasteiger partial charge in [0.15, 0.2) is 0 Å². The fraction of sp³-hybridized carbons (Fsp3) is 0.538. The Morgan fingerprint density at radius 1 is 1.50 bits per heavy atom. The predicted molar refractivity (Wildman–Crippen MR) is 68.1 cm³/mol. The SMILES string of the molecule is COc1ccccc1CC(O)C1CCSC1. The van der Waals surface area contributed by atoms with E-state index < -0.39 is 0 Å². The summed E-state index contributed by atoms with van der Waals surface area (Å²) in [5, 5.41) is 10.2. The van der Waals surface area contributed by atoms with Gasteiger partial charge in [0.2, 0.25) is 0 Å². The molecule has 0 saturated carbocycles. The molecule has 16 heavy (non-hydrogen) atoms. The van der Waals surface area contributed by atoms with Gasteiger partial charge in [-0.25, -0.2) is 0 Å². The van der Waals surface area contributed by atoms with Gasteiger partial charge in [0, 0.05) is 6.42 Å². The van der Waals surface area contributed by atoms with Crippen molar-refractivity contribution in [1.29, 1.82) is 0 Å². The maximum absolute atomic E-state index is 10.2. The minimum atomic E-state index is -0.230. The zero-order valence-corrected chi connectivity index (χ0v) is 10.4. The molecule has 2 unspecified atom stereocenters. The third-order valence-corrected chi connectivity index (χ3v) is 4.32. The van der Waals surface area contributed by atoms with Gasteiger partial charge in [-0.05, 0) is 35.5 Å². The largest absolute Gasteiger partial charge is 0.496 e. The molecule has 1 heterocycles. The van der Waals surface area contributed by atoms with Gasteiger partial charge in [0.25, 0.3) is 0 Å². The van der Waals surface area contributed by atoms with E-state index in [2.05, 4.69) is 0 Å². The lowest BCUT2D eigenvalue weighted by molar-refractivity contribution is 0.119. The Balaban J connectivity index is 2.01. The number of benzene rings is 1. The van der Waals surface area contributed by atoms with Crippen molar-refractivity contribution in [1.82, 2.24) is 0 Å². The highest BCUT2D eigenvalue weighted by Crippen LogP contribution is 2.29. The summed E-state index contributed by atoms with van der Waals surface area (Å²) >= 11 is 1.94. The molecule has 1 aliphatic rings. The van der Waals surface area contributed by atoms with E-state index in [4.69, 9.17) is 4.74 Å². The molecule has 2 atom stereocenters. The first-order chi connectivity index (χ1) is 7.81. The highest BCUT2D eigenvalue weighted by Gasteiger charge is 2.24. The van der Waals surface area contributed by atoms with E-state index in [1.807, 2.05) is 36.0 Å². The van der Waals surface area contributed by atoms with Crippen molar-refractivity contribution in [2.45, 2.75) is 18.9 Å². The number of ether oxygens (including phenoxy) is 1. The molecular formula is C13H18O2S. The van der Waals surface area contributed by atoms with Crippen LogP contribution in [0.2, 0.25) is 0 Å². The molecule has 1 N–H and O–H groups in total. The second kappa shape index (κ2) is 5.60. The summed E-state index contributed by atoms with van der Waals surface area (Å²) in [5.74, 6) is 3.62. The summed E-state index contributed by atoms with van der Waals surface area (Å²) < 4.78 is 5.29. The van der Waals surface area contributed by atoms with E-state index in [1.54, 1.807) is 7.11 Å². The quantitative estimate of drug-likeness (QED) is 0.873. The number of methoxy groups -OCH3 is 1. The number of rotatable bonds is 4. The lowest BCUT2D eigenvalue weighted by Gasteiger charge is -2.18. The molecule has 1 aromatic rings. The van der Waals surface area contributed by atoms with Crippen LogP contribution in [0.1, 0.15) is 12.0 Å². The maximum atomic E-state index is 10.2. The fourth-order valence-corrected chi connectivity index (χ4v) is 3.45. The van der Waals surface area contributed by atoms with Gasteiger partial charge in [-0.1, -0.05) is 18.2 Å². The van der Waals surface area contributed by atoms with Crippen molar-refractivity contribution in [3.05, 3.63) is 29.8 Å². The smallest absolute Gasteiger partial charge is 0.122 e. The Labute approximate surface area is 101 Å². The molecule has 1 aliphatic heterocycles. The minimum absolute atomic E-state index is 0.230. The summed E-state index contributed by atoms with van der Waals surface area (Å²) in [6, 6.07) is 7.93. The number of aliphatic hydroxyl groups is 1. The first kappa shape index (κ1) is 11.8. The number of aliphatic hydroxyl groups excluding tert-OH is 1. The maximum Gasteiger partial charge on any atom is 0.122 e. The Morgan fingerprint density at radius 3 is 3.00 bits per heavy atom. The molecule has 2 nitrogen and oxygen atoms in total. The van der Waals surface area contributed by atoms with Crippen LogP contribution in [0.3, 0.4) is 0 Å². The highest BCUT2D eigenvalue weighted by molar-refractivity contribution is 7.99. The Hall–Kier alpha value is -0.670. The Morgan fingerprint density at radius 2 is 2.31 bits per heavy atom. The summed E-state index contributed by atoms with van der Waals surface area (Å²) in [6.07, 6.45) is 1.61. The van der Waals surface area contributed by atoms with Crippen LogP contribution in [0.15, 0.2) is 24.3 Å². The summed E-state index contributed by atoms with van der Waals surface area (Å²) in [6.45, 7) is 0. The van der Waals surface area contributed by atoms with E-state index in [9.17, 15) is 5.11 Å². The van der Waals surface area contributed by atoms with Crippen molar-refractivity contribution in [3.8, 4) is 5.75 Å². The van der Waals surface area contributed by atoms with Gasteiger partial charge in [-0.2, -0.15) is 11.8 Å². The van der Waals surface area contributed by atoms with E-state index in [-0.39, 0.29) is 6.10 Å². The lowest BCUT2D eigenvalue weighted by atomic mass is 9.95. The van der Waals surface area contributed by atoms with Gasteiger partial charge in [0.1, 0.15) is 5.75 Å². The zero-order valence-electron chi connectivity index (χ0n) is 9.56. The molecule has 2 rings (SSSR count). The summed E-state index contributed by atoms with van der Waals surface area (Å²) in [7, 11) is 1.68. The number of hydrogen-bond donors (Lipinski definition) is 1. The topological polar surface area (TPSA) is 29.5 Å². The minimum Gasteiger partial charge on any atom is -0.496 e. The van der Waals surface area contributed by atoms with Crippen LogP contribution in [-0.4, -0.2) is 29.8 Å². The monoisotopic (exact) mass is 238 g/mol. The molecule has 0 amide bonds. The standard InChI is InChI=1S/C13H18O2S/c1-15-13-5-3-2-4-10(13)8-12(14)11-6-7-16-9-11/h2-5,11-12,14H,6-9H2,1H3. The van der Waals surface area contributed by atoms with Gasteiger partial charge in [0.05, 0.1) is 13.2 Å². The first-order valence-corrected chi connectivity index (χ1v) is 6.84. The molecule has 1 aromatic carbocycles. The second-order valence-electron chi connectivity index (χ2n) is 4.21. The summed E-state index contributed by atoms with van der Waals surface area (Å²) in [5.41, 5.74) is 1.11. The van der Waals surface area contributed by atoms with E-state index >= 15 is 0 Å². The molecular weight excluding hydrogens is 220 g/mol. The third kappa shape index (κ3) is 2.71. The summed E-state index contributed by atoms with van der Waals surface area (Å²) in [4.78, 5) is 0. The van der Waals surface area contributed by atoms with E-state index in [0.29, 0.717) is 12.3 Å². The molecule has 0 aromatic heterocycles. The van der Waals surface area contributed by atoms with Crippen molar-refractivity contribution in [2.75, 3.05) is 18.6 Å². The van der Waals surface area contributed by atoms with E-state index in [1.165, 1.54) is 5.75 Å². The molecule has 0 radical (unpaired) electrons. The van der Waals surface area contributed by atoms with Crippen molar-refractivity contribution >= 4 is 11.8 Å². The Bertz CT molecular complexity index is 334. The number of hydrogen-bond acceptors (Lipinski definition) is 3. The zero-order chi connectivity index (χ0) is 11.4. The molecule has 88 valence electrons. The van der Waals surface area contributed by atoms with Gasteiger partial charge >= 0.3 is 0 Å². The third-order valence-electron chi connectivity index (χ3n) is 3.13. The van der Waals surface area contributed by atoms with Crippen molar-refractivity contribution in [3.63, 3.8) is 0 Å². The van der Waals surface area contributed by atoms with Crippen molar-refractivity contribution < 1.29 is 9.84 Å². The van der Waals surface area contributed by atoms with Crippen LogP contribution in [0.5, 0.6) is 5.75 Å². The van der Waals surface area contributed by atoms with Crippen LogP contribution >= 0.6 is 11.8 Å². The molecule has 0 aliphatic carbocycles. The van der Waals surface area contributed by atoms with Crippen LogP contribution in [0.25, 0.3) is 0 Å². The first-order valence-electron chi connectivity index (χ1n) is 5.69. The molecule has 0 spiro atoms. The number of para-hydroxylation sites is 1. The Kier molecular flexibility index (Phi) is 4.13. The van der Waals surface area contributed by atoms with Gasteiger partial charge < -0.3 is 9.84 Å². The average molecular weight is 238 g/mol. The van der Waals surface area contributed by atoms with Crippen LogP contribution in [0, 0.1) is 5.92 Å². The van der Waals surface area contributed by atoms with Crippen molar-refractivity contribution in [2.24, 2.45) is 5.92 Å². The molecule has 1 saturated heterocycles.